The Bertz CT molecular complexity index is 752. The molecule has 114 valence electrons. The van der Waals surface area contributed by atoms with Crippen LogP contribution >= 0.6 is 11.6 Å². The highest BCUT2D eigenvalue weighted by molar-refractivity contribution is 6.31. The summed E-state index contributed by atoms with van der Waals surface area (Å²) in [5, 5.41) is 13.5. The van der Waals surface area contributed by atoms with Crippen molar-refractivity contribution in [3.8, 4) is 6.07 Å². The number of anilines is 1. The highest BCUT2D eigenvalue weighted by Gasteiger charge is 2.16. The van der Waals surface area contributed by atoms with Crippen LogP contribution in [0.1, 0.15) is 19.4 Å². The maximum Gasteiger partial charge on any atom is 0.239 e. The molecule has 5 nitrogen and oxygen atoms in total. The number of carbonyl (C=O) groups excluding carboxylic acids is 1. The lowest BCUT2D eigenvalue weighted by Crippen LogP contribution is -2.38. The van der Waals surface area contributed by atoms with Gasteiger partial charge in [-0.2, -0.15) is 5.26 Å². The number of rotatable bonds is 4. The van der Waals surface area contributed by atoms with Crippen LogP contribution in [0.2, 0.25) is 5.02 Å². The van der Waals surface area contributed by atoms with Crippen molar-refractivity contribution in [2.24, 2.45) is 0 Å². The molecule has 1 amide bonds. The van der Waals surface area contributed by atoms with E-state index in [1.807, 2.05) is 13.8 Å². The number of carbonyl (C=O) groups is 1. The topological polar surface area (TPSA) is 69.0 Å². The van der Waals surface area contributed by atoms with Gasteiger partial charge < -0.3 is 10.2 Å². The molecule has 2 rings (SSSR count). The molecule has 0 saturated heterocycles. The summed E-state index contributed by atoms with van der Waals surface area (Å²) >= 11 is 6.06. The van der Waals surface area contributed by atoms with E-state index in [2.05, 4.69) is 16.4 Å². The molecule has 0 aliphatic rings. The normalized spacial score (nSPS) is 10.5. The highest BCUT2D eigenvalue weighted by atomic mass is 35.5. The molecule has 0 atom stereocenters. The number of benzene rings is 1. The van der Waals surface area contributed by atoms with E-state index in [9.17, 15) is 10.1 Å². The second-order valence-electron chi connectivity index (χ2n) is 5.37. The number of hydrogen-bond donors (Lipinski definition) is 1. The molecule has 2 aromatic rings. The first kappa shape index (κ1) is 16.1. The molecule has 0 spiro atoms. The predicted molar refractivity (Wildman–Crippen MR) is 88.0 cm³/mol. The van der Waals surface area contributed by atoms with E-state index in [4.69, 9.17) is 11.6 Å². The third kappa shape index (κ3) is 3.46. The molecule has 0 unspecified atom stereocenters. The molecule has 22 heavy (non-hydrogen) atoms. The second-order valence-corrected chi connectivity index (χ2v) is 5.81. The van der Waals surface area contributed by atoms with Crippen LogP contribution in [0.15, 0.2) is 24.4 Å². The van der Waals surface area contributed by atoms with Crippen molar-refractivity contribution in [3.63, 3.8) is 0 Å². The van der Waals surface area contributed by atoms with Crippen molar-refractivity contribution in [3.05, 3.63) is 35.0 Å². The van der Waals surface area contributed by atoms with Gasteiger partial charge >= 0.3 is 0 Å². The molecular formula is C16H17ClN4O. The standard InChI is InChI=1S/C16H17ClN4O/c1-10(2)20-15(22)9-21(3)16-11(7-18)8-19-14-5-4-12(17)6-13(14)16/h4-6,8,10H,9H2,1-3H3,(H,20,22). The smallest absolute Gasteiger partial charge is 0.239 e. The monoisotopic (exact) mass is 316 g/mol. The van der Waals surface area contributed by atoms with E-state index in [-0.39, 0.29) is 18.5 Å². The molecule has 0 radical (unpaired) electrons. The number of nitrogens with one attached hydrogen (secondary N) is 1. The fourth-order valence-corrected chi connectivity index (χ4v) is 2.48. The fraction of sp³-hybridized carbons (Fsp3) is 0.312. The summed E-state index contributed by atoms with van der Waals surface area (Å²) in [5.41, 5.74) is 1.80. The minimum absolute atomic E-state index is 0.0694. The van der Waals surface area contributed by atoms with Crippen LogP contribution < -0.4 is 10.2 Å². The summed E-state index contributed by atoms with van der Waals surface area (Å²) in [7, 11) is 1.77. The number of likely N-dealkylation sites (N-methyl/N-ethyl adjacent to an activating group) is 1. The molecule has 1 N–H and O–H groups in total. The summed E-state index contributed by atoms with van der Waals surface area (Å²) in [4.78, 5) is 18.0. The first-order chi connectivity index (χ1) is 10.4. The summed E-state index contributed by atoms with van der Waals surface area (Å²) in [5.74, 6) is -0.103. The van der Waals surface area contributed by atoms with E-state index < -0.39 is 0 Å². The number of nitriles is 1. The van der Waals surface area contributed by atoms with Gasteiger partial charge in [0.05, 0.1) is 23.3 Å². The van der Waals surface area contributed by atoms with Gasteiger partial charge in [0.2, 0.25) is 5.91 Å². The number of nitrogens with zero attached hydrogens (tertiary/aromatic N) is 3. The molecule has 6 heteroatoms. The lowest BCUT2D eigenvalue weighted by molar-refractivity contribution is -0.120. The second kappa shape index (κ2) is 6.63. The van der Waals surface area contributed by atoms with Crippen LogP contribution in [-0.2, 0) is 4.79 Å². The van der Waals surface area contributed by atoms with Crippen molar-refractivity contribution in [2.45, 2.75) is 19.9 Å². The number of hydrogen-bond acceptors (Lipinski definition) is 4. The summed E-state index contributed by atoms with van der Waals surface area (Å²) in [6.07, 6.45) is 1.52. The number of pyridine rings is 1. The van der Waals surface area contributed by atoms with E-state index in [0.29, 0.717) is 16.3 Å². The van der Waals surface area contributed by atoms with Gasteiger partial charge in [-0.25, -0.2) is 0 Å². The van der Waals surface area contributed by atoms with E-state index >= 15 is 0 Å². The highest BCUT2D eigenvalue weighted by Crippen LogP contribution is 2.30. The third-order valence-electron chi connectivity index (χ3n) is 3.13. The zero-order chi connectivity index (χ0) is 16.3. The first-order valence-corrected chi connectivity index (χ1v) is 7.29. The maximum atomic E-state index is 12.0. The van der Waals surface area contributed by atoms with Crippen molar-refractivity contribution < 1.29 is 4.79 Å². The Labute approximate surface area is 134 Å². The van der Waals surface area contributed by atoms with Crippen LogP contribution in [0.25, 0.3) is 10.9 Å². The zero-order valence-electron chi connectivity index (χ0n) is 12.7. The molecule has 1 aromatic carbocycles. The third-order valence-corrected chi connectivity index (χ3v) is 3.37. The molecular weight excluding hydrogens is 300 g/mol. The zero-order valence-corrected chi connectivity index (χ0v) is 13.5. The molecule has 1 aromatic heterocycles. The minimum Gasteiger partial charge on any atom is -0.364 e. The largest absolute Gasteiger partial charge is 0.364 e. The number of fused-ring (bicyclic) bond motifs is 1. The van der Waals surface area contributed by atoms with E-state index in [1.165, 1.54) is 6.20 Å². The van der Waals surface area contributed by atoms with Gasteiger partial charge in [-0.15, -0.1) is 0 Å². The van der Waals surface area contributed by atoms with Crippen molar-refractivity contribution in [1.29, 1.82) is 5.26 Å². The van der Waals surface area contributed by atoms with Gasteiger partial charge in [-0.05, 0) is 32.0 Å². The van der Waals surface area contributed by atoms with Crippen LogP contribution in [0.4, 0.5) is 5.69 Å². The Morgan fingerprint density at radius 1 is 1.50 bits per heavy atom. The molecule has 0 aliphatic carbocycles. The molecule has 0 saturated carbocycles. The Kier molecular flexibility index (Phi) is 4.84. The Morgan fingerprint density at radius 2 is 2.23 bits per heavy atom. The van der Waals surface area contributed by atoms with E-state index in [0.717, 1.165) is 10.9 Å². The summed E-state index contributed by atoms with van der Waals surface area (Å²) < 4.78 is 0. The van der Waals surface area contributed by atoms with E-state index in [1.54, 1.807) is 30.1 Å². The number of aromatic nitrogens is 1. The van der Waals surface area contributed by atoms with Gasteiger partial charge in [0.1, 0.15) is 6.07 Å². The molecule has 1 heterocycles. The lowest BCUT2D eigenvalue weighted by atomic mass is 10.1. The van der Waals surface area contributed by atoms with Crippen LogP contribution in [0.3, 0.4) is 0 Å². The number of amides is 1. The molecule has 0 aliphatic heterocycles. The predicted octanol–water partition coefficient (Wildman–Crippen LogP) is 2.72. The van der Waals surface area contributed by atoms with Gasteiger partial charge in [-0.3, -0.25) is 9.78 Å². The maximum absolute atomic E-state index is 12.0. The Balaban J connectivity index is 2.46. The van der Waals surface area contributed by atoms with Gasteiger partial charge in [0.25, 0.3) is 0 Å². The van der Waals surface area contributed by atoms with Crippen LogP contribution in [-0.4, -0.2) is 30.5 Å². The Hall–Kier alpha value is -2.32. The minimum atomic E-state index is -0.103. The Morgan fingerprint density at radius 3 is 2.86 bits per heavy atom. The first-order valence-electron chi connectivity index (χ1n) is 6.91. The van der Waals surface area contributed by atoms with Crippen LogP contribution in [0.5, 0.6) is 0 Å². The van der Waals surface area contributed by atoms with Crippen molar-refractivity contribution >= 4 is 34.1 Å². The van der Waals surface area contributed by atoms with Crippen molar-refractivity contribution in [1.82, 2.24) is 10.3 Å². The van der Waals surface area contributed by atoms with Crippen molar-refractivity contribution in [2.75, 3.05) is 18.5 Å². The van der Waals surface area contributed by atoms with Gasteiger partial charge in [0.15, 0.2) is 0 Å². The van der Waals surface area contributed by atoms with Crippen LogP contribution in [0, 0.1) is 11.3 Å². The summed E-state index contributed by atoms with van der Waals surface area (Å²) in [6, 6.07) is 7.50. The quantitative estimate of drug-likeness (QED) is 0.941. The SMILES string of the molecule is CC(C)NC(=O)CN(C)c1c(C#N)cnc2ccc(Cl)cc12. The average molecular weight is 317 g/mol. The lowest BCUT2D eigenvalue weighted by Gasteiger charge is -2.22. The summed E-state index contributed by atoms with van der Waals surface area (Å²) in [6.45, 7) is 3.96. The average Bonchev–Trinajstić information content (AvgIpc) is 2.44. The van der Waals surface area contributed by atoms with Gasteiger partial charge in [0, 0.05) is 29.7 Å². The van der Waals surface area contributed by atoms with Gasteiger partial charge in [-0.1, -0.05) is 11.6 Å². The fourth-order valence-electron chi connectivity index (χ4n) is 2.31. The number of halogens is 1. The molecule has 0 fully saturated rings. The molecule has 0 bridgehead atoms.